The number of rotatable bonds is 5. The predicted molar refractivity (Wildman–Crippen MR) is 90.5 cm³/mol. The molecule has 0 N–H and O–H groups in total. The molecule has 0 saturated carbocycles. The summed E-state index contributed by atoms with van der Waals surface area (Å²) in [6, 6.07) is 15.5. The van der Waals surface area contributed by atoms with Crippen LogP contribution in [0, 0.1) is 0 Å². The maximum atomic E-state index is 11.7. The summed E-state index contributed by atoms with van der Waals surface area (Å²) in [7, 11) is 2.98. The van der Waals surface area contributed by atoms with Gasteiger partial charge in [-0.05, 0) is 23.1 Å². The monoisotopic (exact) mass is 328 g/mol. The summed E-state index contributed by atoms with van der Waals surface area (Å²) >= 11 is 1.37. The normalized spacial score (nSPS) is 10.5. The van der Waals surface area contributed by atoms with Gasteiger partial charge in [-0.15, -0.1) is 11.3 Å². The molecule has 0 unspecified atom stereocenters. The fraction of sp³-hybridized carbons (Fsp3) is 0.167. The molecule has 0 bridgehead atoms. The van der Waals surface area contributed by atoms with Crippen molar-refractivity contribution in [3.63, 3.8) is 0 Å². The number of methoxy groups -OCH3 is 2. The molecular weight excluding hydrogens is 312 g/mol. The molecule has 4 nitrogen and oxygen atoms in total. The number of esters is 1. The topological polar surface area (TPSA) is 44.8 Å². The zero-order chi connectivity index (χ0) is 16.2. The Hall–Kier alpha value is -2.53. The van der Waals surface area contributed by atoms with Crippen molar-refractivity contribution in [1.82, 2.24) is 0 Å². The van der Waals surface area contributed by atoms with Gasteiger partial charge in [-0.1, -0.05) is 30.3 Å². The van der Waals surface area contributed by atoms with Crippen molar-refractivity contribution < 1.29 is 19.0 Å². The molecule has 23 heavy (non-hydrogen) atoms. The van der Waals surface area contributed by atoms with Crippen LogP contribution >= 0.6 is 11.3 Å². The summed E-state index contributed by atoms with van der Waals surface area (Å²) in [6.45, 7) is 0.455. The summed E-state index contributed by atoms with van der Waals surface area (Å²) in [4.78, 5) is 12.2. The van der Waals surface area contributed by atoms with Gasteiger partial charge in [0.15, 0.2) is 11.5 Å². The Morgan fingerprint density at radius 3 is 2.52 bits per heavy atom. The number of fused-ring (bicyclic) bond motifs is 1. The quantitative estimate of drug-likeness (QED) is 0.656. The van der Waals surface area contributed by atoms with Crippen LogP contribution < -0.4 is 9.47 Å². The van der Waals surface area contributed by atoms with Crippen molar-refractivity contribution >= 4 is 27.4 Å². The van der Waals surface area contributed by atoms with Gasteiger partial charge >= 0.3 is 5.97 Å². The summed E-state index contributed by atoms with van der Waals surface area (Å²) in [5.41, 5.74) is 1.08. The van der Waals surface area contributed by atoms with E-state index < -0.39 is 0 Å². The van der Waals surface area contributed by atoms with Crippen LogP contribution in [0.25, 0.3) is 10.1 Å². The minimum absolute atomic E-state index is 0.336. The summed E-state index contributed by atoms with van der Waals surface area (Å²) < 4.78 is 17.0. The van der Waals surface area contributed by atoms with Crippen molar-refractivity contribution in [2.24, 2.45) is 0 Å². The molecular formula is C18H16O4S. The van der Waals surface area contributed by atoms with E-state index in [-0.39, 0.29) is 5.97 Å². The maximum Gasteiger partial charge on any atom is 0.348 e. The fourth-order valence-electron chi connectivity index (χ4n) is 2.26. The Morgan fingerprint density at radius 1 is 1.04 bits per heavy atom. The molecule has 0 aliphatic heterocycles. The fourth-order valence-corrected chi connectivity index (χ4v) is 3.25. The first-order valence-corrected chi connectivity index (χ1v) is 7.89. The first-order chi connectivity index (χ1) is 11.2. The van der Waals surface area contributed by atoms with Crippen molar-refractivity contribution in [3.05, 3.63) is 59.0 Å². The van der Waals surface area contributed by atoms with Crippen molar-refractivity contribution in [1.29, 1.82) is 0 Å². The molecule has 118 valence electrons. The third-order valence-electron chi connectivity index (χ3n) is 3.43. The Bertz CT molecular complexity index is 824. The van der Waals surface area contributed by atoms with E-state index in [1.165, 1.54) is 18.4 Å². The van der Waals surface area contributed by atoms with Gasteiger partial charge in [0.25, 0.3) is 0 Å². The number of benzene rings is 2. The average Bonchev–Trinajstić information content (AvgIpc) is 3.02. The van der Waals surface area contributed by atoms with Crippen LogP contribution in [0.15, 0.2) is 48.5 Å². The number of ether oxygens (including phenoxy) is 3. The molecule has 0 aliphatic carbocycles. The molecule has 1 heterocycles. The van der Waals surface area contributed by atoms with Crippen LogP contribution in [0.1, 0.15) is 15.2 Å². The van der Waals surface area contributed by atoms with E-state index >= 15 is 0 Å². The van der Waals surface area contributed by atoms with Crippen molar-refractivity contribution in [2.75, 3.05) is 14.2 Å². The third kappa shape index (κ3) is 3.29. The van der Waals surface area contributed by atoms with Gasteiger partial charge in [0.05, 0.1) is 14.2 Å². The highest BCUT2D eigenvalue weighted by Crippen LogP contribution is 2.37. The first-order valence-electron chi connectivity index (χ1n) is 7.08. The molecule has 0 saturated heterocycles. The molecule has 0 fully saturated rings. The standard InChI is InChI=1S/C18H16O4S/c1-20-14-10-16-13(9-17(23-16)18(19)21-2)8-15(14)22-11-12-6-4-3-5-7-12/h3-10H,11H2,1-2H3. The highest BCUT2D eigenvalue weighted by Gasteiger charge is 2.14. The third-order valence-corrected chi connectivity index (χ3v) is 4.50. The Labute approximate surface area is 138 Å². The number of carbonyl (C=O) groups is 1. The second-order valence-corrected chi connectivity index (χ2v) is 6.00. The predicted octanol–water partition coefficient (Wildman–Crippen LogP) is 4.28. The molecule has 2 aromatic carbocycles. The van der Waals surface area contributed by atoms with E-state index in [9.17, 15) is 4.79 Å². The molecule has 0 aliphatic rings. The summed E-state index contributed by atoms with van der Waals surface area (Å²) in [5, 5.41) is 0.930. The van der Waals surface area contributed by atoms with Gasteiger partial charge in [0.1, 0.15) is 11.5 Å². The second kappa shape index (κ2) is 6.71. The van der Waals surface area contributed by atoms with E-state index in [0.29, 0.717) is 23.0 Å². The lowest BCUT2D eigenvalue weighted by atomic mass is 10.2. The number of hydrogen-bond donors (Lipinski definition) is 0. The van der Waals surface area contributed by atoms with Crippen LogP contribution in [0.4, 0.5) is 0 Å². The minimum Gasteiger partial charge on any atom is -0.493 e. The molecule has 0 amide bonds. The highest BCUT2D eigenvalue weighted by molar-refractivity contribution is 7.20. The van der Waals surface area contributed by atoms with E-state index in [0.717, 1.165) is 15.6 Å². The lowest BCUT2D eigenvalue weighted by Gasteiger charge is -2.11. The van der Waals surface area contributed by atoms with E-state index in [2.05, 4.69) is 0 Å². The van der Waals surface area contributed by atoms with Crippen molar-refractivity contribution in [3.8, 4) is 11.5 Å². The smallest absolute Gasteiger partial charge is 0.348 e. The van der Waals surface area contributed by atoms with Gasteiger partial charge in [0.2, 0.25) is 0 Å². The number of hydrogen-bond acceptors (Lipinski definition) is 5. The van der Waals surface area contributed by atoms with Gasteiger partial charge in [0, 0.05) is 10.8 Å². The van der Waals surface area contributed by atoms with E-state index in [4.69, 9.17) is 14.2 Å². The van der Waals surface area contributed by atoms with Gasteiger partial charge in [-0.3, -0.25) is 0 Å². The molecule has 0 spiro atoms. The maximum absolute atomic E-state index is 11.7. The largest absolute Gasteiger partial charge is 0.493 e. The zero-order valence-corrected chi connectivity index (χ0v) is 13.7. The molecule has 0 atom stereocenters. The minimum atomic E-state index is -0.336. The van der Waals surface area contributed by atoms with Crippen molar-refractivity contribution in [2.45, 2.75) is 6.61 Å². The van der Waals surface area contributed by atoms with Crippen LogP contribution in [-0.2, 0) is 11.3 Å². The Balaban J connectivity index is 1.90. The van der Waals surface area contributed by atoms with Crippen LogP contribution in [0.2, 0.25) is 0 Å². The number of carbonyl (C=O) groups excluding carboxylic acids is 1. The van der Waals surface area contributed by atoms with E-state index in [1.54, 1.807) is 13.2 Å². The lowest BCUT2D eigenvalue weighted by molar-refractivity contribution is 0.0606. The van der Waals surface area contributed by atoms with Gasteiger partial charge in [-0.2, -0.15) is 0 Å². The zero-order valence-electron chi connectivity index (χ0n) is 12.9. The van der Waals surface area contributed by atoms with E-state index in [1.807, 2.05) is 42.5 Å². The van der Waals surface area contributed by atoms with Gasteiger partial charge in [-0.25, -0.2) is 4.79 Å². The Kier molecular flexibility index (Phi) is 4.48. The average molecular weight is 328 g/mol. The summed E-state index contributed by atoms with van der Waals surface area (Å²) in [5.74, 6) is 0.960. The molecule has 3 rings (SSSR count). The van der Waals surface area contributed by atoms with Gasteiger partial charge < -0.3 is 14.2 Å². The molecule has 0 radical (unpaired) electrons. The van der Waals surface area contributed by atoms with Crippen LogP contribution in [-0.4, -0.2) is 20.2 Å². The summed E-state index contributed by atoms with van der Waals surface area (Å²) in [6.07, 6.45) is 0. The Morgan fingerprint density at radius 2 is 1.83 bits per heavy atom. The molecule has 5 heteroatoms. The molecule has 3 aromatic rings. The highest BCUT2D eigenvalue weighted by atomic mass is 32.1. The lowest BCUT2D eigenvalue weighted by Crippen LogP contribution is -1.97. The number of thiophene rings is 1. The second-order valence-electron chi connectivity index (χ2n) is 4.92. The van der Waals surface area contributed by atoms with Crippen LogP contribution in [0.5, 0.6) is 11.5 Å². The molecule has 1 aromatic heterocycles. The van der Waals surface area contributed by atoms with Crippen LogP contribution in [0.3, 0.4) is 0 Å². The SMILES string of the molecule is COC(=O)c1cc2cc(OCc3ccccc3)c(OC)cc2s1. The first kappa shape index (κ1) is 15.4.